The average Bonchev–Trinajstić information content (AvgIpc) is 2.63. The van der Waals surface area contributed by atoms with E-state index in [-0.39, 0.29) is 27.0 Å². The molecule has 0 saturated carbocycles. The highest BCUT2D eigenvalue weighted by Gasteiger charge is 2.26. The number of piperidine rings is 1. The monoisotopic (exact) mass is 441 g/mol. The maximum Gasteiger partial charge on any atom is 0.294 e. The van der Waals surface area contributed by atoms with Gasteiger partial charge in [0, 0.05) is 24.2 Å². The molecule has 3 rings (SSSR count). The van der Waals surface area contributed by atoms with Crippen LogP contribution >= 0.6 is 34.8 Å². The van der Waals surface area contributed by atoms with E-state index in [1.165, 1.54) is 18.2 Å². The molecule has 0 unspecified atom stereocenters. The molecule has 2 aromatic rings. The van der Waals surface area contributed by atoms with E-state index < -0.39 is 10.8 Å². The van der Waals surface area contributed by atoms with E-state index in [4.69, 9.17) is 34.8 Å². The van der Waals surface area contributed by atoms with Gasteiger partial charge in [-0.2, -0.15) is 0 Å². The van der Waals surface area contributed by atoms with Crippen molar-refractivity contribution in [2.75, 3.05) is 23.3 Å². The number of rotatable bonds is 4. The highest BCUT2D eigenvalue weighted by atomic mass is 35.5. The van der Waals surface area contributed by atoms with E-state index >= 15 is 0 Å². The van der Waals surface area contributed by atoms with Gasteiger partial charge in [0.05, 0.1) is 26.2 Å². The minimum atomic E-state index is -0.476. The molecule has 28 heavy (non-hydrogen) atoms. The maximum absolute atomic E-state index is 12.6. The molecular formula is C19H18Cl3N3O3. The first-order valence-corrected chi connectivity index (χ1v) is 9.89. The number of benzene rings is 2. The zero-order valence-corrected chi connectivity index (χ0v) is 17.3. The predicted molar refractivity (Wildman–Crippen MR) is 113 cm³/mol. The maximum atomic E-state index is 12.6. The lowest BCUT2D eigenvalue weighted by Crippen LogP contribution is -2.33. The molecule has 0 bridgehead atoms. The Kier molecular flexibility index (Phi) is 6.33. The van der Waals surface area contributed by atoms with Gasteiger partial charge in [0.25, 0.3) is 11.6 Å². The summed E-state index contributed by atoms with van der Waals surface area (Å²) in [7, 11) is 0. The van der Waals surface area contributed by atoms with E-state index in [1.54, 1.807) is 12.1 Å². The smallest absolute Gasteiger partial charge is 0.294 e. The van der Waals surface area contributed by atoms with Gasteiger partial charge in [0.2, 0.25) is 0 Å². The van der Waals surface area contributed by atoms with Gasteiger partial charge in [0.1, 0.15) is 5.69 Å². The molecule has 2 aromatic carbocycles. The summed E-state index contributed by atoms with van der Waals surface area (Å²) in [5.41, 5.74) is 0.881. The number of hydrogen-bond donors (Lipinski definition) is 1. The summed E-state index contributed by atoms with van der Waals surface area (Å²) >= 11 is 18.2. The van der Waals surface area contributed by atoms with Crippen LogP contribution in [0.5, 0.6) is 0 Å². The summed E-state index contributed by atoms with van der Waals surface area (Å²) in [5.74, 6) is 0.101. The standard InChI is InChI=1S/C19H18Cl3N3O3/c1-11-4-6-24(7-5-11)17-10-16(15(22)9-18(17)25(27)28)23-19(26)13-3-2-12(20)8-14(13)21/h2-3,8-11H,4-7H2,1H3,(H,23,26). The Hall–Kier alpha value is -2.02. The number of carbonyl (C=O) groups excluding carboxylic acids is 1. The Morgan fingerprint density at radius 2 is 1.82 bits per heavy atom. The second-order valence-corrected chi connectivity index (χ2v) is 8.08. The van der Waals surface area contributed by atoms with Gasteiger partial charge in [-0.25, -0.2) is 0 Å². The minimum absolute atomic E-state index is 0.0814. The van der Waals surface area contributed by atoms with E-state index in [9.17, 15) is 14.9 Å². The Balaban J connectivity index is 1.93. The molecule has 1 amide bonds. The van der Waals surface area contributed by atoms with Crippen LogP contribution in [-0.2, 0) is 0 Å². The van der Waals surface area contributed by atoms with Crippen molar-refractivity contribution < 1.29 is 9.72 Å². The zero-order valence-electron chi connectivity index (χ0n) is 15.0. The Labute approximate surface area is 177 Å². The number of hydrogen-bond acceptors (Lipinski definition) is 4. The fourth-order valence-electron chi connectivity index (χ4n) is 3.16. The lowest BCUT2D eigenvalue weighted by Gasteiger charge is -2.32. The number of nitrogens with zero attached hydrogens (tertiary/aromatic N) is 2. The third-order valence-corrected chi connectivity index (χ3v) is 5.67. The molecule has 0 radical (unpaired) electrons. The summed E-state index contributed by atoms with van der Waals surface area (Å²) in [5, 5.41) is 14.9. The summed E-state index contributed by atoms with van der Waals surface area (Å²) in [6.45, 7) is 3.58. The molecule has 0 atom stereocenters. The highest BCUT2D eigenvalue weighted by molar-refractivity contribution is 6.38. The molecule has 0 spiro atoms. The first-order valence-electron chi connectivity index (χ1n) is 8.75. The summed E-state index contributed by atoms with van der Waals surface area (Å²) in [6.07, 6.45) is 1.89. The van der Waals surface area contributed by atoms with Crippen LogP contribution in [-0.4, -0.2) is 23.9 Å². The number of amides is 1. The molecule has 1 N–H and O–H groups in total. The van der Waals surface area contributed by atoms with Crippen LogP contribution in [0.2, 0.25) is 15.1 Å². The number of halogens is 3. The lowest BCUT2D eigenvalue weighted by atomic mass is 9.98. The van der Waals surface area contributed by atoms with Crippen molar-refractivity contribution in [1.29, 1.82) is 0 Å². The van der Waals surface area contributed by atoms with E-state index in [0.29, 0.717) is 29.7 Å². The summed E-state index contributed by atoms with van der Waals surface area (Å²) in [4.78, 5) is 25.6. The van der Waals surface area contributed by atoms with Crippen molar-refractivity contribution >= 4 is 57.8 Å². The van der Waals surface area contributed by atoms with Crippen molar-refractivity contribution in [3.63, 3.8) is 0 Å². The van der Waals surface area contributed by atoms with E-state index in [1.807, 2.05) is 4.90 Å². The third kappa shape index (κ3) is 4.51. The number of carbonyl (C=O) groups is 1. The second kappa shape index (κ2) is 8.55. The van der Waals surface area contributed by atoms with Gasteiger partial charge in [-0.15, -0.1) is 0 Å². The fourth-order valence-corrected chi connectivity index (χ4v) is 3.86. The van der Waals surface area contributed by atoms with Crippen LogP contribution in [0.1, 0.15) is 30.1 Å². The number of nitrogens with one attached hydrogen (secondary N) is 1. The van der Waals surface area contributed by atoms with Crippen molar-refractivity contribution in [1.82, 2.24) is 0 Å². The molecule has 1 saturated heterocycles. The first-order chi connectivity index (χ1) is 13.3. The van der Waals surface area contributed by atoms with Crippen LogP contribution in [0.4, 0.5) is 17.1 Å². The van der Waals surface area contributed by atoms with Crippen molar-refractivity contribution in [2.45, 2.75) is 19.8 Å². The Morgan fingerprint density at radius 3 is 2.43 bits per heavy atom. The van der Waals surface area contributed by atoms with Gasteiger partial charge < -0.3 is 10.2 Å². The summed E-state index contributed by atoms with van der Waals surface area (Å²) in [6, 6.07) is 7.36. The van der Waals surface area contributed by atoms with Crippen molar-refractivity contribution in [3.05, 3.63) is 61.1 Å². The van der Waals surface area contributed by atoms with Gasteiger partial charge in [-0.1, -0.05) is 41.7 Å². The van der Waals surface area contributed by atoms with Crippen LogP contribution < -0.4 is 10.2 Å². The number of anilines is 2. The Morgan fingerprint density at radius 1 is 1.14 bits per heavy atom. The second-order valence-electron chi connectivity index (χ2n) is 6.83. The largest absolute Gasteiger partial charge is 0.366 e. The zero-order chi connectivity index (χ0) is 20.4. The van der Waals surface area contributed by atoms with E-state index in [0.717, 1.165) is 12.8 Å². The molecule has 0 aliphatic carbocycles. The van der Waals surface area contributed by atoms with Crippen molar-refractivity contribution in [2.24, 2.45) is 5.92 Å². The van der Waals surface area contributed by atoms with Crippen molar-refractivity contribution in [3.8, 4) is 0 Å². The fraction of sp³-hybridized carbons (Fsp3) is 0.316. The molecule has 1 aliphatic rings. The van der Waals surface area contributed by atoms with Gasteiger partial charge in [-0.05, 0) is 43.0 Å². The average molecular weight is 443 g/mol. The van der Waals surface area contributed by atoms with Crippen LogP contribution in [0, 0.1) is 16.0 Å². The molecule has 6 nitrogen and oxygen atoms in total. The number of nitro benzene ring substituents is 1. The quantitative estimate of drug-likeness (QED) is 0.462. The summed E-state index contributed by atoms with van der Waals surface area (Å²) < 4.78 is 0. The molecule has 1 aliphatic heterocycles. The van der Waals surface area contributed by atoms with Gasteiger partial charge in [0.15, 0.2) is 0 Å². The van der Waals surface area contributed by atoms with Crippen LogP contribution in [0.25, 0.3) is 0 Å². The SMILES string of the molecule is CC1CCN(c2cc(NC(=O)c3ccc(Cl)cc3Cl)c(Cl)cc2[N+](=O)[O-])CC1. The van der Waals surface area contributed by atoms with Gasteiger partial charge in [-0.3, -0.25) is 14.9 Å². The first kappa shape index (κ1) is 20.7. The molecule has 1 heterocycles. The topological polar surface area (TPSA) is 75.5 Å². The van der Waals surface area contributed by atoms with E-state index in [2.05, 4.69) is 12.2 Å². The lowest BCUT2D eigenvalue weighted by molar-refractivity contribution is -0.384. The predicted octanol–water partition coefficient (Wildman–Crippen LogP) is 6.04. The highest BCUT2D eigenvalue weighted by Crippen LogP contribution is 2.38. The van der Waals surface area contributed by atoms with Crippen LogP contribution in [0.15, 0.2) is 30.3 Å². The third-order valence-electron chi connectivity index (χ3n) is 4.81. The van der Waals surface area contributed by atoms with Gasteiger partial charge >= 0.3 is 0 Å². The normalized spacial score (nSPS) is 14.8. The van der Waals surface area contributed by atoms with Crippen LogP contribution in [0.3, 0.4) is 0 Å². The minimum Gasteiger partial charge on any atom is -0.366 e. The molecule has 0 aromatic heterocycles. The molecular weight excluding hydrogens is 425 g/mol. The Bertz CT molecular complexity index is 928. The molecule has 1 fully saturated rings. The molecule has 148 valence electrons. The number of nitro groups is 1. The molecule has 9 heteroatoms.